The summed E-state index contributed by atoms with van der Waals surface area (Å²) in [4.78, 5) is 11.0. The molecule has 5 nitrogen and oxygen atoms in total. The summed E-state index contributed by atoms with van der Waals surface area (Å²) >= 11 is 3.19. The predicted octanol–water partition coefficient (Wildman–Crippen LogP) is 3.92. The Balaban J connectivity index is 3.90. The molecule has 0 radical (unpaired) electrons. The van der Waals surface area contributed by atoms with Crippen molar-refractivity contribution in [1.82, 2.24) is 0 Å². The Morgan fingerprint density at radius 3 is 1.91 bits per heavy atom. The van der Waals surface area contributed by atoms with Crippen molar-refractivity contribution in [3.8, 4) is 0 Å². The van der Waals surface area contributed by atoms with Gasteiger partial charge in [0.2, 0.25) is 0 Å². The van der Waals surface area contributed by atoms with Crippen molar-refractivity contribution < 1.29 is 22.8 Å². The number of carbonyl (C=O) groups excluding carboxylic acids is 1. The minimum Gasteiger partial charge on any atom is -0.465 e. The maximum Gasteiger partial charge on any atom is 0.500 e. The summed E-state index contributed by atoms with van der Waals surface area (Å²) in [5.74, 6) is -0.199. The summed E-state index contributed by atoms with van der Waals surface area (Å²) in [5.41, 5.74) is 0. The van der Waals surface area contributed by atoms with E-state index >= 15 is 0 Å². The van der Waals surface area contributed by atoms with Crippen LogP contribution < -0.4 is 0 Å². The zero-order chi connectivity index (χ0) is 16.8. The smallest absolute Gasteiger partial charge is 0.465 e. The number of halogens is 1. The zero-order valence-electron chi connectivity index (χ0n) is 14.4. The number of rotatable bonds is 14. The van der Waals surface area contributed by atoms with Crippen LogP contribution in [0.1, 0.15) is 53.4 Å². The Hall–Kier alpha value is 0.0469. The summed E-state index contributed by atoms with van der Waals surface area (Å²) in [5, 5.41) is 0. The lowest BCUT2D eigenvalue weighted by molar-refractivity contribution is -0.142. The number of ether oxygens (including phenoxy) is 1. The number of hydrogen-bond acceptors (Lipinski definition) is 5. The molecule has 0 aliphatic carbocycles. The molecule has 7 heteroatoms. The van der Waals surface area contributed by atoms with Crippen molar-refractivity contribution in [3.63, 3.8) is 0 Å². The summed E-state index contributed by atoms with van der Waals surface area (Å²) in [6.07, 6.45) is 3.98. The van der Waals surface area contributed by atoms with Crippen LogP contribution in [-0.2, 0) is 22.8 Å². The minimum absolute atomic E-state index is 0.199. The second-order valence-corrected chi connectivity index (χ2v) is 9.04. The van der Waals surface area contributed by atoms with Crippen molar-refractivity contribution in [2.24, 2.45) is 0 Å². The van der Waals surface area contributed by atoms with Gasteiger partial charge in [0, 0.05) is 25.9 Å². The van der Waals surface area contributed by atoms with Crippen LogP contribution >= 0.6 is 15.9 Å². The van der Waals surface area contributed by atoms with Gasteiger partial charge < -0.3 is 18.0 Å². The molecule has 0 saturated carbocycles. The highest BCUT2D eigenvalue weighted by atomic mass is 79.9. The third-order valence-corrected chi connectivity index (χ3v) is 6.56. The lowest BCUT2D eigenvalue weighted by Crippen LogP contribution is -2.45. The molecule has 0 amide bonds. The zero-order valence-corrected chi connectivity index (χ0v) is 16.9. The highest BCUT2D eigenvalue weighted by molar-refractivity contribution is 9.10. The lowest BCUT2D eigenvalue weighted by atomic mass is 10.2. The van der Waals surface area contributed by atoms with E-state index in [1.165, 1.54) is 0 Å². The van der Waals surface area contributed by atoms with Gasteiger partial charge in [0.15, 0.2) is 0 Å². The van der Waals surface area contributed by atoms with Gasteiger partial charge in [0.1, 0.15) is 4.83 Å². The Morgan fingerprint density at radius 1 is 0.955 bits per heavy atom. The largest absolute Gasteiger partial charge is 0.500 e. The molecule has 22 heavy (non-hydrogen) atoms. The second-order valence-electron chi connectivity index (χ2n) is 4.93. The standard InChI is InChI=1S/C15H31BrO5Si/c1-5-19-22(20-6-2,21-7-3)13-11-9-8-10-12-18-15(17)14(4)16/h14H,5-13H2,1-4H3. The second kappa shape index (κ2) is 13.5. The van der Waals surface area contributed by atoms with Gasteiger partial charge >= 0.3 is 14.8 Å². The van der Waals surface area contributed by atoms with Crippen LogP contribution in [0.2, 0.25) is 6.04 Å². The highest BCUT2D eigenvalue weighted by Crippen LogP contribution is 2.20. The van der Waals surface area contributed by atoms with Crippen molar-refractivity contribution in [1.29, 1.82) is 0 Å². The van der Waals surface area contributed by atoms with E-state index < -0.39 is 8.80 Å². The molecule has 0 spiro atoms. The van der Waals surface area contributed by atoms with E-state index in [0.29, 0.717) is 26.4 Å². The van der Waals surface area contributed by atoms with Gasteiger partial charge in [-0.05, 0) is 40.5 Å². The third-order valence-electron chi connectivity index (χ3n) is 3.04. The average Bonchev–Trinajstić information content (AvgIpc) is 2.46. The van der Waals surface area contributed by atoms with E-state index in [-0.39, 0.29) is 10.8 Å². The number of alkyl halides is 1. The van der Waals surface area contributed by atoms with E-state index in [2.05, 4.69) is 15.9 Å². The molecular weight excluding hydrogens is 368 g/mol. The van der Waals surface area contributed by atoms with Gasteiger partial charge in [0.05, 0.1) is 6.61 Å². The molecule has 0 aliphatic heterocycles. The molecule has 0 aromatic heterocycles. The van der Waals surface area contributed by atoms with Crippen LogP contribution in [0.5, 0.6) is 0 Å². The molecule has 1 atom stereocenters. The van der Waals surface area contributed by atoms with Crippen LogP contribution in [0.4, 0.5) is 0 Å². The first-order valence-corrected chi connectivity index (χ1v) is 11.1. The fourth-order valence-electron chi connectivity index (χ4n) is 2.09. The van der Waals surface area contributed by atoms with Gasteiger partial charge in [-0.3, -0.25) is 4.79 Å². The van der Waals surface area contributed by atoms with Crippen LogP contribution in [0.3, 0.4) is 0 Å². The van der Waals surface area contributed by atoms with Gasteiger partial charge in [0.25, 0.3) is 0 Å². The molecule has 0 N–H and O–H groups in total. The van der Waals surface area contributed by atoms with E-state index in [1.54, 1.807) is 6.92 Å². The summed E-state index contributed by atoms with van der Waals surface area (Å²) < 4.78 is 22.6. The predicted molar refractivity (Wildman–Crippen MR) is 93.3 cm³/mol. The van der Waals surface area contributed by atoms with E-state index in [1.807, 2.05) is 20.8 Å². The van der Waals surface area contributed by atoms with E-state index in [4.69, 9.17) is 18.0 Å². The average molecular weight is 399 g/mol. The van der Waals surface area contributed by atoms with Gasteiger partial charge in [-0.1, -0.05) is 28.8 Å². The molecule has 1 unspecified atom stereocenters. The lowest BCUT2D eigenvalue weighted by Gasteiger charge is -2.28. The van der Waals surface area contributed by atoms with Crippen molar-refractivity contribution in [3.05, 3.63) is 0 Å². The molecule has 0 saturated heterocycles. The summed E-state index contributed by atoms with van der Waals surface area (Å²) in [6, 6.07) is 0.848. The quantitative estimate of drug-likeness (QED) is 0.192. The Bertz CT molecular complexity index is 272. The van der Waals surface area contributed by atoms with Crippen LogP contribution in [-0.4, -0.2) is 46.0 Å². The monoisotopic (exact) mass is 398 g/mol. The molecule has 0 aliphatic rings. The number of carbonyl (C=O) groups is 1. The van der Waals surface area contributed by atoms with Crippen LogP contribution in [0.25, 0.3) is 0 Å². The first kappa shape index (κ1) is 22.0. The summed E-state index contributed by atoms with van der Waals surface area (Å²) in [7, 11) is -2.49. The third kappa shape index (κ3) is 9.94. The highest BCUT2D eigenvalue weighted by Gasteiger charge is 2.39. The fourth-order valence-corrected chi connectivity index (χ4v) is 4.90. The Kier molecular flexibility index (Phi) is 13.5. The molecule has 0 heterocycles. The maximum absolute atomic E-state index is 11.3. The maximum atomic E-state index is 11.3. The summed E-state index contributed by atoms with van der Waals surface area (Å²) in [6.45, 7) is 10.0. The molecule has 0 rings (SSSR count). The number of hydrogen-bond donors (Lipinski definition) is 0. The Labute approximate surface area is 144 Å². The first-order chi connectivity index (χ1) is 10.5. The first-order valence-electron chi connectivity index (χ1n) is 8.23. The fraction of sp³-hybridized carbons (Fsp3) is 0.933. The van der Waals surface area contributed by atoms with Gasteiger partial charge in [-0.25, -0.2) is 0 Å². The molecule has 0 fully saturated rings. The van der Waals surface area contributed by atoms with Crippen molar-refractivity contribution in [2.45, 2.75) is 64.2 Å². The minimum atomic E-state index is -2.49. The van der Waals surface area contributed by atoms with Gasteiger partial charge in [-0.15, -0.1) is 0 Å². The molecule has 132 valence electrons. The number of unbranched alkanes of at least 4 members (excludes halogenated alkanes) is 3. The normalized spacial score (nSPS) is 13.1. The van der Waals surface area contributed by atoms with E-state index in [0.717, 1.165) is 31.7 Å². The van der Waals surface area contributed by atoms with E-state index in [9.17, 15) is 4.79 Å². The van der Waals surface area contributed by atoms with Gasteiger partial charge in [-0.2, -0.15) is 0 Å². The molecular formula is C15H31BrO5Si. The topological polar surface area (TPSA) is 54.0 Å². The Morgan fingerprint density at radius 2 is 1.45 bits per heavy atom. The number of esters is 1. The molecule has 0 bridgehead atoms. The van der Waals surface area contributed by atoms with Crippen molar-refractivity contribution in [2.75, 3.05) is 26.4 Å². The SMILES string of the molecule is CCO[Si](CCCCCCOC(=O)C(C)Br)(OCC)OCC. The van der Waals surface area contributed by atoms with Crippen LogP contribution in [0, 0.1) is 0 Å². The van der Waals surface area contributed by atoms with Crippen molar-refractivity contribution >= 4 is 30.7 Å². The molecule has 0 aromatic carbocycles. The molecule has 0 aromatic rings. The van der Waals surface area contributed by atoms with Crippen LogP contribution in [0.15, 0.2) is 0 Å².